The van der Waals surface area contributed by atoms with Crippen LogP contribution >= 0.6 is 11.3 Å². The molecule has 4 rings (SSSR count). The van der Waals surface area contributed by atoms with Crippen LogP contribution in [0.4, 0.5) is 0 Å². The highest BCUT2D eigenvalue weighted by Gasteiger charge is 2.24. The summed E-state index contributed by atoms with van der Waals surface area (Å²) in [5, 5.41) is 6.39. The van der Waals surface area contributed by atoms with E-state index >= 15 is 0 Å². The number of piperidine rings is 1. The maximum atomic E-state index is 12.8. The van der Waals surface area contributed by atoms with E-state index in [1.165, 1.54) is 4.68 Å². The van der Waals surface area contributed by atoms with Gasteiger partial charge in [0.15, 0.2) is 0 Å². The third-order valence-corrected chi connectivity index (χ3v) is 5.73. The Morgan fingerprint density at radius 2 is 2.21 bits per heavy atom. The first kappa shape index (κ1) is 15.4. The number of thiophene rings is 1. The van der Waals surface area contributed by atoms with Gasteiger partial charge in [0, 0.05) is 12.6 Å². The van der Waals surface area contributed by atoms with Gasteiger partial charge in [-0.2, -0.15) is 5.10 Å². The van der Waals surface area contributed by atoms with Gasteiger partial charge >= 0.3 is 0 Å². The highest BCUT2D eigenvalue weighted by Crippen LogP contribution is 2.24. The van der Waals surface area contributed by atoms with Crippen LogP contribution in [-0.2, 0) is 11.3 Å². The van der Waals surface area contributed by atoms with Crippen LogP contribution in [0.25, 0.3) is 15.7 Å². The molecule has 1 fully saturated rings. The number of nitrogens with zero attached hydrogens (tertiary/aromatic N) is 4. The van der Waals surface area contributed by atoms with Crippen molar-refractivity contribution in [2.24, 2.45) is 0 Å². The third-order valence-electron chi connectivity index (χ3n) is 4.87. The fraction of sp³-hybridized carbons (Fsp3) is 0.471. The molecule has 7 heteroatoms. The molecule has 0 bridgehead atoms. The Labute approximate surface area is 143 Å². The summed E-state index contributed by atoms with van der Waals surface area (Å²) in [5.74, 6) is 0.700. The number of hydrogen-bond donors (Lipinski definition) is 0. The zero-order chi connectivity index (χ0) is 16.8. The van der Waals surface area contributed by atoms with Gasteiger partial charge in [0.05, 0.1) is 10.2 Å². The van der Waals surface area contributed by atoms with E-state index in [0.29, 0.717) is 5.52 Å². The molecule has 0 saturated carbocycles. The number of amides is 1. The van der Waals surface area contributed by atoms with Crippen molar-refractivity contribution in [1.29, 1.82) is 0 Å². The van der Waals surface area contributed by atoms with Gasteiger partial charge in [-0.1, -0.05) is 0 Å². The molecule has 0 unspecified atom stereocenters. The van der Waals surface area contributed by atoms with Crippen molar-refractivity contribution < 1.29 is 4.79 Å². The highest BCUT2D eigenvalue weighted by molar-refractivity contribution is 7.17. The largest absolute Gasteiger partial charge is 0.338 e. The summed E-state index contributed by atoms with van der Waals surface area (Å²) in [4.78, 5) is 27.3. The van der Waals surface area contributed by atoms with Gasteiger partial charge in [-0.15, -0.1) is 11.3 Å². The molecule has 1 aliphatic heterocycles. The van der Waals surface area contributed by atoms with Gasteiger partial charge in [0.1, 0.15) is 17.9 Å². The summed E-state index contributed by atoms with van der Waals surface area (Å²) in [6.45, 7) is 4.73. The lowest BCUT2D eigenvalue weighted by molar-refractivity contribution is -0.135. The molecule has 6 nitrogen and oxygen atoms in total. The average Bonchev–Trinajstić information content (AvgIpc) is 3.13. The first-order valence-corrected chi connectivity index (χ1v) is 9.20. The quantitative estimate of drug-likeness (QED) is 0.717. The predicted octanol–water partition coefficient (Wildman–Crippen LogP) is 2.42. The van der Waals surface area contributed by atoms with Crippen LogP contribution in [0.5, 0.6) is 0 Å². The van der Waals surface area contributed by atoms with Crippen LogP contribution in [0.2, 0.25) is 0 Å². The van der Waals surface area contributed by atoms with Crippen LogP contribution in [0.15, 0.2) is 22.3 Å². The third kappa shape index (κ3) is 2.34. The standard InChI is InChI=1S/C17H20N4O2S/c1-11-5-3-4-7-19(11)16(22)10-20-17(23)14-9-15-13(6-8-24-15)21(14)12(2)18-20/h6,8-9,11H,3-5,7,10H2,1-2H3/t11-/m0/s1. The van der Waals surface area contributed by atoms with Crippen LogP contribution in [0, 0.1) is 6.92 Å². The smallest absolute Gasteiger partial charge is 0.291 e. The topological polar surface area (TPSA) is 59.6 Å². The van der Waals surface area contributed by atoms with E-state index in [-0.39, 0.29) is 24.1 Å². The summed E-state index contributed by atoms with van der Waals surface area (Å²) < 4.78 is 4.25. The molecule has 4 heterocycles. The minimum atomic E-state index is -0.206. The van der Waals surface area contributed by atoms with Gasteiger partial charge in [-0.25, -0.2) is 4.68 Å². The van der Waals surface area contributed by atoms with Gasteiger partial charge in [-0.3, -0.25) is 14.0 Å². The fourth-order valence-electron chi connectivity index (χ4n) is 3.62. The van der Waals surface area contributed by atoms with Crippen LogP contribution in [-0.4, -0.2) is 37.6 Å². The molecule has 3 aromatic rings. The zero-order valence-electron chi connectivity index (χ0n) is 13.9. The summed E-state index contributed by atoms with van der Waals surface area (Å²) in [6.07, 6.45) is 3.22. The number of rotatable bonds is 2. The fourth-order valence-corrected chi connectivity index (χ4v) is 4.43. The van der Waals surface area contributed by atoms with Crippen molar-refractivity contribution in [3.05, 3.63) is 33.7 Å². The van der Waals surface area contributed by atoms with Gasteiger partial charge in [-0.05, 0) is 50.6 Å². The Bertz CT molecular complexity index is 984. The lowest BCUT2D eigenvalue weighted by Gasteiger charge is -2.33. The Kier molecular flexibility index (Phi) is 3.68. The number of carbonyl (C=O) groups is 1. The molecule has 0 spiro atoms. The van der Waals surface area contributed by atoms with Crippen LogP contribution < -0.4 is 5.56 Å². The number of carbonyl (C=O) groups excluding carboxylic acids is 1. The van der Waals surface area contributed by atoms with Crippen molar-refractivity contribution in [2.45, 2.75) is 45.7 Å². The molecule has 3 aromatic heterocycles. The van der Waals surface area contributed by atoms with Crippen molar-refractivity contribution in [3.8, 4) is 0 Å². The van der Waals surface area contributed by atoms with E-state index in [9.17, 15) is 9.59 Å². The molecule has 0 radical (unpaired) electrons. The highest BCUT2D eigenvalue weighted by atomic mass is 32.1. The molecule has 1 aliphatic rings. The normalized spacial score (nSPS) is 18.6. The second-order valence-corrected chi connectivity index (χ2v) is 7.42. The first-order valence-electron chi connectivity index (χ1n) is 8.32. The lowest BCUT2D eigenvalue weighted by atomic mass is 10.0. The van der Waals surface area contributed by atoms with Crippen molar-refractivity contribution in [3.63, 3.8) is 0 Å². The van der Waals surface area contributed by atoms with Gasteiger partial charge in [0.2, 0.25) is 5.91 Å². The summed E-state index contributed by atoms with van der Waals surface area (Å²) >= 11 is 1.60. The molecule has 0 aliphatic carbocycles. The maximum absolute atomic E-state index is 12.8. The van der Waals surface area contributed by atoms with E-state index in [4.69, 9.17) is 0 Å². The van der Waals surface area contributed by atoms with E-state index in [2.05, 4.69) is 12.0 Å². The Balaban J connectivity index is 1.73. The molecule has 1 saturated heterocycles. The maximum Gasteiger partial charge on any atom is 0.291 e. The lowest BCUT2D eigenvalue weighted by Crippen LogP contribution is -2.45. The second kappa shape index (κ2) is 5.73. The molecule has 1 amide bonds. The summed E-state index contributed by atoms with van der Waals surface area (Å²) in [7, 11) is 0. The molecule has 0 N–H and O–H groups in total. The van der Waals surface area contributed by atoms with E-state index in [1.54, 1.807) is 11.3 Å². The predicted molar refractivity (Wildman–Crippen MR) is 94.6 cm³/mol. The number of aromatic nitrogens is 3. The van der Waals surface area contributed by atoms with E-state index in [1.807, 2.05) is 33.7 Å². The molecular formula is C17H20N4O2S. The summed E-state index contributed by atoms with van der Waals surface area (Å²) in [5.41, 5.74) is 1.38. The Morgan fingerprint density at radius 3 is 3.00 bits per heavy atom. The summed E-state index contributed by atoms with van der Waals surface area (Å²) in [6, 6.07) is 4.12. The van der Waals surface area contributed by atoms with Crippen LogP contribution in [0.3, 0.4) is 0 Å². The van der Waals surface area contributed by atoms with E-state index in [0.717, 1.165) is 41.8 Å². The number of aryl methyl sites for hydroxylation is 1. The monoisotopic (exact) mass is 344 g/mol. The Morgan fingerprint density at radius 1 is 1.38 bits per heavy atom. The van der Waals surface area contributed by atoms with Crippen molar-refractivity contribution in [1.82, 2.24) is 19.1 Å². The Hall–Kier alpha value is -2.15. The number of likely N-dealkylation sites (tertiary alicyclic amines) is 1. The molecule has 1 atom stereocenters. The zero-order valence-corrected chi connectivity index (χ0v) is 14.7. The molecule has 0 aromatic carbocycles. The van der Waals surface area contributed by atoms with Crippen molar-refractivity contribution in [2.75, 3.05) is 6.54 Å². The number of hydrogen-bond acceptors (Lipinski definition) is 4. The minimum Gasteiger partial charge on any atom is -0.338 e. The second-order valence-electron chi connectivity index (χ2n) is 6.48. The molecule has 126 valence electrons. The van der Waals surface area contributed by atoms with Gasteiger partial charge in [0.25, 0.3) is 5.56 Å². The van der Waals surface area contributed by atoms with Crippen molar-refractivity contribution >= 4 is 33.0 Å². The average molecular weight is 344 g/mol. The molecular weight excluding hydrogens is 324 g/mol. The van der Waals surface area contributed by atoms with Gasteiger partial charge < -0.3 is 4.90 Å². The molecule has 24 heavy (non-hydrogen) atoms. The van der Waals surface area contributed by atoms with E-state index < -0.39 is 0 Å². The van der Waals surface area contributed by atoms with Crippen LogP contribution in [0.1, 0.15) is 32.0 Å². The number of fused-ring (bicyclic) bond motifs is 3. The first-order chi connectivity index (χ1) is 11.6. The minimum absolute atomic E-state index is 0.0132. The SMILES string of the molecule is Cc1nn(CC(=O)N2CCCC[C@@H]2C)c(=O)c2cc3sccc3n12.